The van der Waals surface area contributed by atoms with Gasteiger partial charge in [0.2, 0.25) is 5.91 Å². The highest BCUT2D eigenvalue weighted by atomic mass is 16.2. The van der Waals surface area contributed by atoms with E-state index in [9.17, 15) is 4.79 Å². The number of piperidine rings is 1. The van der Waals surface area contributed by atoms with Crippen LogP contribution in [0.3, 0.4) is 0 Å². The molecule has 0 saturated carbocycles. The second kappa shape index (κ2) is 5.33. The van der Waals surface area contributed by atoms with Gasteiger partial charge in [0.05, 0.1) is 12.0 Å². The summed E-state index contributed by atoms with van der Waals surface area (Å²) in [5.41, 5.74) is 2.76. The summed E-state index contributed by atoms with van der Waals surface area (Å²) in [4.78, 5) is 14.6. The van der Waals surface area contributed by atoms with Crippen LogP contribution in [0.15, 0.2) is 24.3 Å². The molecule has 1 aliphatic heterocycles. The molecule has 0 spiro atoms. The standard InChI is InChI=1S/C16H22N2O/c1-18(16(19)13-6-4-10-17-11-13)15-9-8-12-5-2-3-7-14(12)15/h2-3,5,7,13,15,17H,4,6,8-11H2,1H3/t13-,15?/m1/s1. The number of fused-ring (bicyclic) bond motifs is 1. The summed E-state index contributed by atoms with van der Waals surface area (Å²) in [5, 5.41) is 3.33. The number of hydrogen-bond donors (Lipinski definition) is 1. The minimum absolute atomic E-state index is 0.173. The van der Waals surface area contributed by atoms with Gasteiger partial charge in [0.15, 0.2) is 0 Å². The Kier molecular flexibility index (Phi) is 3.56. The van der Waals surface area contributed by atoms with E-state index in [1.807, 2.05) is 11.9 Å². The third-order valence-corrected chi connectivity index (χ3v) is 4.56. The average molecular weight is 258 g/mol. The van der Waals surface area contributed by atoms with Crippen molar-refractivity contribution in [3.05, 3.63) is 35.4 Å². The topological polar surface area (TPSA) is 32.3 Å². The van der Waals surface area contributed by atoms with Crippen molar-refractivity contribution in [2.45, 2.75) is 31.7 Å². The molecule has 1 heterocycles. The van der Waals surface area contributed by atoms with Crippen LogP contribution < -0.4 is 5.32 Å². The Balaban J connectivity index is 1.74. The van der Waals surface area contributed by atoms with Crippen LogP contribution in [0.4, 0.5) is 0 Å². The molecule has 1 N–H and O–H groups in total. The molecule has 1 aromatic carbocycles. The summed E-state index contributed by atoms with van der Waals surface area (Å²) >= 11 is 0. The normalized spacial score (nSPS) is 25.9. The summed E-state index contributed by atoms with van der Waals surface area (Å²) in [7, 11) is 1.98. The zero-order chi connectivity index (χ0) is 13.2. The Morgan fingerprint density at radius 2 is 2.16 bits per heavy atom. The average Bonchev–Trinajstić information content (AvgIpc) is 2.90. The first-order valence-corrected chi connectivity index (χ1v) is 7.32. The summed E-state index contributed by atoms with van der Waals surface area (Å²) in [5.74, 6) is 0.486. The second-order valence-corrected chi connectivity index (χ2v) is 5.75. The fraction of sp³-hybridized carbons (Fsp3) is 0.562. The molecular formula is C16H22N2O. The highest BCUT2D eigenvalue weighted by Gasteiger charge is 2.32. The zero-order valence-corrected chi connectivity index (χ0v) is 11.6. The quantitative estimate of drug-likeness (QED) is 0.881. The van der Waals surface area contributed by atoms with Crippen molar-refractivity contribution >= 4 is 5.91 Å². The van der Waals surface area contributed by atoms with Gasteiger partial charge >= 0.3 is 0 Å². The van der Waals surface area contributed by atoms with E-state index in [-0.39, 0.29) is 12.0 Å². The highest BCUT2D eigenvalue weighted by molar-refractivity contribution is 5.79. The van der Waals surface area contributed by atoms with E-state index in [0.717, 1.165) is 38.8 Å². The number of amides is 1. The van der Waals surface area contributed by atoms with Crippen LogP contribution in [0.1, 0.15) is 36.4 Å². The monoisotopic (exact) mass is 258 g/mol. The van der Waals surface area contributed by atoms with Gasteiger partial charge in [-0.1, -0.05) is 24.3 Å². The largest absolute Gasteiger partial charge is 0.338 e. The van der Waals surface area contributed by atoms with Crippen LogP contribution >= 0.6 is 0 Å². The lowest BCUT2D eigenvalue weighted by Gasteiger charge is -2.31. The molecule has 0 bridgehead atoms. The molecule has 3 nitrogen and oxygen atoms in total. The van der Waals surface area contributed by atoms with Gasteiger partial charge in [-0.2, -0.15) is 0 Å². The van der Waals surface area contributed by atoms with E-state index in [4.69, 9.17) is 0 Å². The fourth-order valence-electron chi connectivity index (χ4n) is 3.44. The fourth-order valence-corrected chi connectivity index (χ4v) is 3.44. The molecule has 1 amide bonds. The predicted molar refractivity (Wildman–Crippen MR) is 75.9 cm³/mol. The maximum Gasteiger partial charge on any atom is 0.227 e. The molecule has 3 rings (SSSR count). The van der Waals surface area contributed by atoms with Crippen LogP contribution in [-0.2, 0) is 11.2 Å². The summed E-state index contributed by atoms with van der Waals surface area (Å²) < 4.78 is 0. The molecule has 2 aliphatic rings. The zero-order valence-electron chi connectivity index (χ0n) is 11.6. The minimum Gasteiger partial charge on any atom is -0.338 e. The van der Waals surface area contributed by atoms with E-state index in [1.165, 1.54) is 11.1 Å². The van der Waals surface area contributed by atoms with Crippen LogP contribution in [0.25, 0.3) is 0 Å². The first-order chi connectivity index (χ1) is 9.27. The van der Waals surface area contributed by atoms with Crippen molar-refractivity contribution in [1.82, 2.24) is 10.2 Å². The summed E-state index contributed by atoms with van der Waals surface area (Å²) in [6, 6.07) is 8.82. The molecule has 1 aliphatic carbocycles. The summed E-state index contributed by atoms with van der Waals surface area (Å²) in [6.07, 6.45) is 4.32. The van der Waals surface area contributed by atoms with Crippen molar-refractivity contribution in [2.24, 2.45) is 5.92 Å². The van der Waals surface area contributed by atoms with Gasteiger partial charge in [-0.15, -0.1) is 0 Å². The molecule has 3 heteroatoms. The SMILES string of the molecule is CN(C(=O)[C@@H]1CCCNC1)C1CCc2ccccc21. The Morgan fingerprint density at radius 3 is 2.95 bits per heavy atom. The lowest BCUT2D eigenvalue weighted by atomic mass is 9.97. The van der Waals surface area contributed by atoms with E-state index in [0.29, 0.717) is 5.91 Å². The molecule has 0 aromatic heterocycles. The predicted octanol–water partition coefficient (Wildman–Crippen LogP) is 2.13. The van der Waals surface area contributed by atoms with Crippen LogP contribution in [0.5, 0.6) is 0 Å². The van der Waals surface area contributed by atoms with Crippen molar-refractivity contribution in [1.29, 1.82) is 0 Å². The number of carbonyl (C=O) groups is 1. The number of carbonyl (C=O) groups excluding carboxylic acids is 1. The van der Waals surface area contributed by atoms with Crippen molar-refractivity contribution in [3.8, 4) is 0 Å². The Labute approximate surface area is 115 Å². The second-order valence-electron chi connectivity index (χ2n) is 5.75. The minimum atomic E-state index is 0.173. The Hall–Kier alpha value is -1.35. The molecule has 102 valence electrons. The van der Waals surface area contributed by atoms with Gasteiger partial charge in [-0.3, -0.25) is 4.79 Å². The van der Waals surface area contributed by atoms with Gasteiger partial charge in [0.25, 0.3) is 0 Å². The van der Waals surface area contributed by atoms with E-state index < -0.39 is 0 Å². The van der Waals surface area contributed by atoms with Crippen LogP contribution in [0.2, 0.25) is 0 Å². The van der Waals surface area contributed by atoms with E-state index >= 15 is 0 Å². The number of benzene rings is 1. The van der Waals surface area contributed by atoms with Gasteiger partial charge in [-0.05, 0) is 43.4 Å². The molecule has 1 fully saturated rings. The van der Waals surface area contributed by atoms with E-state index in [2.05, 4.69) is 29.6 Å². The molecule has 2 atom stereocenters. The highest BCUT2D eigenvalue weighted by Crippen LogP contribution is 2.35. The maximum atomic E-state index is 12.6. The third kappa shape index (κ3) is 2.39. The lowest BCUT2D eigenvalue weighted by Crippen LogP contribution is -2.42. The number of nitrogens with one attached hydrogen (secondary N) is 1. The number of aryl methyl sites for hydroxylation is 1. The maximum absolute atomic E-state index is 12.6. The van der Waals surface area contributed by atoms with Gasteiger partial charge < -0.3 is 10.2 Å². The lowest BCUT2D eigenvalue weighted by molar-refractivity contribution is -0.137. The number of hydrogen-bond acceptors (Lipinski definition) is 2. The van der Waals surface area contributed by atoms with Gasteiger partial charge in [0, 0.05) is 13.6 Å². The first-order valence-electron chi connectivity index (χ1n) is 7.32. The molecular weight excluding hydrogens is 236 g/mol. The summed E-state index contributed by atoms with van der Waals surface area (Å²) in [6.45, 7) is 1.90. The molecule has 19 heavy (non-hydrogen) atoms. The molecule has 1 saturated heterocycles. The molecule has 1 unspecified atom stereocenters. The molecule has 1 aromatic rings. The third-order valence-electron chi connectivity index (χ3n) is 4.56. The van der Waals surface area contributed by atoms with Crippen molar-refractivity contribution in [2.75, 3.05) is 20.1 Å². The smallest absolute Gasteiger partial charge is 0.227 e. The Bertz CT molecular complexity index is 466. The first kappa shape index (κ1) is 12.7. The Morgan fingerprint density at radius 1 is 1.32 bits per heavy atom. The van der Waals surface area contributed by atoms with Crippen molar-refractivity contribution < 1.29 is 4.79 Å². The van der Waals surface area contributed by atoms with Crippen LogP contribution in [-0.4, -0.2) is 30.9 Å². The molecule has 0 radical (unpaired) electrons. The number of rotatable bonds is 2. The van der Waals surface area contributed by atoms with Crippen molar-refractivity contribution in [3.63, 3.8) is 0 Å². The number of nitrogens with zero attached hydrogens (tertiary/aromatic N) is 1. The van der Waals surface area contributed by atoms with Gasteiger partial charge in [-0.25, -0.2) is 0 Å². The van der Waals surface area contributed by atoms with Crippen LogP contribution in [0, 0.1) is 5.92 Å². The van der Waals surface area contributed by atoms with E-state index in [1.54, 1.807) is 0 Å². The van der Waals surface area contributed by atoms with Gasteiger partial charge in [0.1, 0.15) is 0 Å².